The molecule has 0 aliphatic heterocycles. The van der Waals surface area contributed by atoms with Crippen molar-refractivity contribution < 1.29 is 4.42 Å². The normalized spacial score (nSPS) is 11.8. The van der Waals surface area contributed by atoms with Gasteiger partial charge in [-0.15, -0.1) is 0 Å². The SMILES string of the molecule is Brc1ccc2ccccc2c1-c1ccc(-c2c3ccccc3c(-c3ccc4oc5ccccc5c4c3)c3ccccc23)cc1. The Bertz CT molecular complexity index is 2500. The number of benzene rings is 8. The van der Waals surface area contributed by atoms with Gasteiger partial charge in [0.25, 0.3) is 0 Å². The topological polar surface area (TPSA) is 13.1 Å². The molecule has 0 saturated heterocycles. The molecule has 0 aliphatic rings. The quantitative estimate of drug-likeness (QED) is 0.178. The first-order chi connectivity index (χ1) is 21.7. The fourth-order valence-electron chi connectivity index (χ4n) is 6.97. The molecule has 1 aromatic heterocycles. The number of furan rings is 1. The Kier molecular flexibility index (Phi) is 5.72. The summed E-state index contributed by atoms with van der Waals surface area (Å²) < 4.78 is 7.27. The van der Waals surface area contributed by atoms with Crippen LogP contribution >= 0.6 is 15.9 Å². The van der Waals surface area contributed by atoms with E-state index in [2.05, 4.69) is 155 Å². The van der Waals surface area contributed by atoms with E-state index in [4.69, 9.17) is 4.42 Å². The highest BCUT2D eigenvalue weighted by Crippen LogP contribution is 2.45. The fourth-order valence-corrected chi connectivity index (χ4v) is 7.55. The van der Waals surface area contributed by atoms with Gasteiger partial charge in [-0.25, -0.2) is 0 Å². The Hall–Kier alpha value is -5.18. The van der Waals surface area contributed by atoms with E-state index in [1.54, 1.807) is 0 Å². The summed E-state index contributed by atoms with van der Waals surface area (Å²) in [6.07, 6.45) is 0. The minimum Gasteiger partial charge on any atom is -0.456 e. The zero-order valence-electron chi connectivity index (χ0n) is 23.7. The molecule has 0 radical (unpaired) electrons. The average Bonchev–Trinajstić information content (AvgIpc) is 3.45. The van der Waals surface area contributed by atoms with E-state index in [0.29, 0.717) is 0 Å². The van der Waals surface area contributed by atoms with Crippen LogP contribution in [-0.2, 0) is 0 Å². The fraction of sp³-hybridized carbons (Fsp3) is 0. The summed E-state index contributed by atoms with van der Waals surface area (Å²) in [5.74, 6) is 0. The second-order valence-electron chi connectivity index (χ2n) is 11.4. The van der Waals surface area contributed by atoms with Crippen LogP contribution < -0.4 is 0 Å². The maximum absolute atomic E-state index is 6.16. The summed E-state index contributed by atoms with van der Waals surface area (Å²) in [7, 11) is 0. The number of para-hydroxylation sites is 1. The molecular weight excluding hydrogens is 600 g/mol. The molecule has 2 heteroatoms. The number of halogens is 1. The van der Waals surface area contributed by atoms with Crippen LogP contribution in [-0.4, -0.2) is 0 Å². The molecule has 8 aromatic carbocycles. The van der Waals surface area contributed by atoms with E-state index < -0.39 is 0 Å². The lowest BCUT2D eigenvalue weighted by atomic mass is 9.85. The van der Waals surface area contributed by atoms with Gasteiger partial charge in [-0.3, -0.25) is 0 Å². The van der Waals surface area contributed by atoms with Crippen molar-refractivity contribution in [2.45, 2.75) is 0 Å². The lowest BCUT2D eigenvalue weighted by molar-refractivity contribution is 0.669. The minimum absolute atomic E-state index is 0.915. The molecule has 0 bridgehead atoms. The molecule has 0 N–H and O–H groups in total. The average molecular weight is 626 g/mol. The number of rotatable bonds is 3. The molecule has 1 nitrogen and oxygen atoms in total. The molecule has 0 atom stereocenters. The molecule has 0 amide bonds. The zero-order valence-corrected chi connectivity index (χ0v) is 25.3. The summed E-state index contributed by atoms with van der Waals surface area (Å²) in [4.78, 5) is 0. The first kappa shape index (κ1) is 25.3. The Morgan fingerprint density at radius 1 is 0.341 bits per heavy atom. The van der Waals surface area contributed by atoms with E-state index in [9.17, 15) is 0 Å². The van der Waals surface area contributed by atoms with Crippen molar-refractivity contribution >= 4 is 70.2 Å². The molecule has 0 aliphatic carbocycles. The predicted octanol–water partition coefficient (Wildman–Crippen LogP) is 12.8. The standard InChI is InChI=1S/C42H25BrO/c43-37-23-21-26-9-1-2-10-30(26)42(37)28-19-17-27(18-20-28)40-32-12-3-5-14-34(32)41(35-15-6-4-13-33(35)40)29-22-24-39-36(25-29)31-11-7-8-16-38(31)44-39/h1-25H. The summed E-state index contributed by atoms with van der Waals surface area (Å²) in [5, 5.41) is 9.76. The van der Waals surface area contributed by atoms with Gasteiger partial charge in [-0.1, -0.05) is 143 Å². The van der Waals surface area contributed by atoms with Crippen LogP contribution in [0.5, 0.6) is 0 Å². The van der Waals surface area contributed by atoms with Crippen molar-refractivity contribution in [3.05, 3.63) is 156 Å². The Labute approximate surface area is 263 Å². The highest BCUT2D eigenvalue weighted by Gasteiger charge is 2.18. The second-order valence-corrected chi connectivity index (χ2v) is 12.2. The number of fused-ring (bicyclic) bond motifs is 6. The third kappa shape index (κ3) is 3.85. The highest BCUT2D eigenvalue weighted by molar-refractivity contribution is 9.10. The Morgan fingerprint density at radius 2 is 0.818 bits per heavy atom. The van der Waals surface area contributed by atoms with Gasteiger partial charge in [0.1, 0.15) is 11.2 Å². The van der Waals surface area contributed by atoms with Crippen LogP contribution in [0.15, 0.2) is 161 Å². The number of hydrogen-bond acceptors (Lipinski definition) is 1. The molecule has 44 heavy (non-hydrogen) atoms. The van der Waals surface area contributed by atoms with Crippen molar-refractivity contribution in [2.24, 2.45) is 0 Å². The Balaban J connectivity index is 1.28. The maximum atomic E-state index is 6.16. The van der Waals surface area contributed by atoms with E-state index in [1.165, 1.54) is 65.7 Å². The van der Waals surface area contributed by atoms with E-state index in [0.717, 1.165) is 26.4 Å². The largest absolute Gasteiger partial charge is 0.456 e. The maximum Gasteiger partial charge on any atom is 0.135 e. The summed E-state index contributed by atoms with van der Waals surface area (Å²) in [5.41, 5.74) is 9.17. The van der Waals surface area contributed by atoms with Gasteiger partial charge >= 0.3 is 0 Å². The van der Waals surface area contributed by atoms with Gasteiger partial charge in [0.15, 0.2) is 0 Å². The summed E-state index contributed by atoms with van der Waals surface area (Å²) in [6.45, 7) is 0. The second kappa shape index (κ2) is 9.94. The van der Waals surface area contributed by atoms with Crippen LogP contribution in [0.25, 0.3) is 87.6 Å². The third-order valence-corrected chi connectivity index (χ3v) is 9.60. The first-order valence-corrected chi connectivity index (χ1v) is 15.7. The highest BCUT2D eigenvalue weighted by atomic mass is 79.9. The Morgan fingerprint density at radius 3 is 1.48 bits per heavy atom. The predicted molar refractivity (Wildman–Crippen MR) is 190 cm³/mol. The van der Waals surface area contributed by atoms with Crippen molar-refractivity contribution in [2.75, 3.05) is 0 Å². The van der Waals surface area contributed by atoms with Gasteiger partial charge < -0.3 is 4.42 Å². The van der Waals surface area contributed by atoms with E-state index in [1.807, 2.05) is 12.1 Å². The van der Waals surface area contributed by atoms with Gasteiger partial charge in [0.2, 0.25) is 0 Å². The lowest BCUT2D eigenvalue weighted by Gasteiger charge is -2.18. The van der Waals surface area contributed by atoms with Crippen LogP contribution in [0.3, 0.4) is 0 Å². The molecule has 1 heterocycles. The molecule has 0 spiro atoms. The van der Waals surface area contributed by atoms with Gasteiger partial charge in [0, 0.05) is 20.8 Å². The molecule has 206 valence electrons. The number of hydrogen-bond donors (Lipinski definition) is 0. The monoisotopic (exact) mass is 624 g/mol. The van der Waals surface area contributed by atoms with Crippen LogP contribution in [0.4, 0.5) is 0 Å². The van der Waals surface area contributed by atoms with E-state index >= 15 is 0 Å². The van der Waals surface area contributed by atoms with Crippen LogP contribution in [0, 0.1) is 0 Å². The van der Waals surface area contributed by atoms with Gasteiger partial charge in [-0.2, -0.15) is 0 Å². The molecule has 0 fully saturated rings. The molecular formula is C42H25BrO. The van der Waals surface area contributed by atoms with Crippen molar-refractivity contribution in [3.63, 3.8) is 0 Å². The van der Waals surface area contributed by atoms with Crippen LogP contribution in [0.1, 0.15) is 0 Å². The summed E-state index contributed by atoms with van der Waals surface area (Å²) >= 11 is 3.83. The molecule has 9 aromatic rings. The van der Waals surface area contributed by atoms with E-state index in [-0.39, 0.29) is 0 Å². The van der Waals surface area contributed by atoms with Gasteiger partial charge in [-0.05, 0) is 84.4 Å². The third-order valence-electron chi connectivity index (χ3n) is 8.94. The lowest BCUT2D eigenvalue weighted by Crippen LogP contribution is -1.91. The van der Waals surface area contributed by atoms with Crippen molar-refractivity contribution in [1.29, 1.82) is 0 Å². The smallest absolute Gasteiger partial charge is 0.135 e. The van der Waals surface area contributed by atoms with Crippen molar-refractivity contribution in [3.8, 4) is 33.4 Å². The van der Waals surface area contributed by atoms with Gasteiger partial charge in [0.05, 0.1) is 0 Å². The zero-order chi connectivity index (χ0) is 29.2. The molecule has 0 unspecified atom stereocenters. The van der Waals surface area contributed by atoms with Crippen LogP contribution in [0.2, 0.25) is 0 Å². The molecule has 0 saturated carbocycles. The molecule has 9 rings (SSSR count). The first-order valence-electron chi connectivity index (χ1n) is 14.9. The summed E-state index contributed by atoms with van der Waals surface area (Å²) in [6, 6.07) is 54.5. The van der Waals surface area contributed by atoms with Crippen molar-refractivity contribution in [1.82, 2.24) is 0 Å². The minimum atomic E-state index is 0.915.